The van der Waals surface area contributed by atoms with Crippen LogP contribution in [0.25, 0.3) is 0 Å². The van der Waals surface area contributed by atoms with Gasteiger partial charge in [-0.3, -0.25) is 0 Å². The van der Waals surface area contributed by atoms with Crippen LogP contribution in [0.2, 0.25) is 0 Å². The standard InChI is InChI=1S/C5H8FN/c1-3-5(6)7-4-2/h3-4H,1-2H3. The first-order chi connectivity index (χ1) is 3.31. The van der Waals surface area contributed by atoms with Gasteiger partial charge in [-0.2, -0.15) is 4.39 Å². The van der Waals surface area contributed by atoms with Gasteiger partial charge in [0.2, 0.25) is 5.95 Å². The summed E-state index contributed by atoms with van der Waals surface area (Å²) < 4.78 is 11.8. The van der Waals surface area contributed by atoms with Crippen LogP contribution in [0.3, 0.4) is 0 Å². The van der Waals surface area contributed by atoms with E-state index in [0.717, 1.165) is 0 Å². The highest BCUT2D eigenvalue weighted by Gasteiger charge is 1.76. The predicted octanol–water partition coefficient (Wildman–Crippen LogP) is 1.91. The van der Waals surface area contributed by atoms with Crippen LogP contribution < -0.4 is 0 Å². The second-order valence-corrected chi connectivity index (χ2v) is 0.999. The van der Waals surface area contributed by atoms with Crippen LogP contribution in [0.4, 0.5) is 4.39 Å². The fourth-order valence-corrected chi connectivity index (χ4v) is 0.198. The largest absolute Gasteiger partial charge is 0.233 e. The number of rotatable bonds is 1. The van der Waals surface area contributed by atoms with E-state index >= 15 is 0 Å². The molecule has 0 atom stereocenters. The molecule has 0 aliphatic heterocycles. The van der Waals surface area contributed by atoms with Crippen molar-refractivity contribution in [3.05, 3.63) is 12.0 Å². The smallest absolute Gasteiger partial charge is 0.208 e. The van der Waals surface area contributed by atoms with Gasteiger partial charge in [0.05, 0.1) is 0 Å². The summed E-state index contributed by atoms with van der Waals surface area (Å²) in [5, 5.41) is 0. The summed E-state index contributed by atoms with van der Waals surface area (Å²) in [4.78, 5) is 3.31. The summed E-state index contributed by atoms with van der Waals surface area (Å²) in [6.07, 6.45) is 2.72. The van der Waals surface area contributed by atoms with Gasteiger partial charge in [-0.25, -0.2) is 4.99 Å². The molecule has 0 heterocycles. The van der Waals surface area contributed by atoms with Crippen molar-refractivity contribution in [3.8, 4) is 0 Å². The van der Waals surface area contributed by atoms with E-state index in [0.29, 0.717) is 0 Å². The van der Waals surface area contributed by atoms with Crippen LogP contribution >= 0.6 is 0 Å². The van der Waals surface area contributed by atoms with E-state index in [1.165, 1.54) is 12.3 Å². The maximum atomic E-state index is 11.8. The highest BCUT2D eigenvalue weighted by Crippen LogP contribution is 1.93. The number of allylic oxidation sites excluding steroid dienone is 1. The molecule has 0 aromatic heterocycles. The Morgan fingerprint density at radius 1 is 1.57 bits per heavy atom. The van der Waals surface area contributed by atoms with Gasteiger partial charge >= 0.3 is 0 Å². The number of nitrogens with zero attached hydrogens (tertiary/aromatic N) is 1. The molecule has 40 valence electrons. The van der Waals surface area contributed by atoms with E-state index in [2.05, 4.69) is 4.99 Å². The molecule has 0 saturated carbocycles. The minimum atomic E-state index is -0.428. The van der Waals surface area contributed by atoms with Gasteiger partial charge in [0.1, 0.15) is 0 Å². The molecule has 7 heavy (non-hydrogen) atoms. The molecule has 0 aromatic carbocycles. The number of hydrogen-bond donors (Lipinski definition) is 0. The predicted molar refractivity (Wildman–Crippen MR) is 29.0 cm³/mol. The third-order valence-corrected chi connectivity index (χ3v) is 0.491. The lowest BCUT2D eigenvalue weighted by molar-refractivity contribution is 0.627. The molecule has 0 aliphatic rings. The minimum Gasteiger partial charge on any atom is -0.233 e. The summed E-state index contributed by atoms with van der Waals surface area (Å²) in [6.45, 7) is 3.27. The maximum absolute atomic E-state index is 11.8. The Morgan fingerprint density at radius 3 is 2.29 bits per heavy atom. The molecule has 0 fully saturated rings. The lowest BCUT2D eigenvalue weighted by atomic mass is 10.7. The molecular formula is C5H8FN. The van der Waals surface area contributed by atoms with E-state index in [4.69, 9.17) is 0 Å². The summed E-state index contributed by atoms with van der Waals surface area (Å²) in [6, 6.07) is 0. The first-order valence-electron chi connectivity index (χ1n) is 2.11. The lowest BCUT2D eigenvalue weighted by Crippen LogP contribution is -1.62. The van der Waals surface area contributed by atoms with Crippen LogP contribution in [-0.4, -0.2) is 6.21 Å². The molecule has 0 spiro atoms. The summed E-state index contributed by atoms with van der Waals surface area (Å²) in [7, 11) is 0. The van der Waals surface area contributed by atoms with E-state index in [-0.39, 0.29) is 0 Å². The fraction of sp³-hybridized carbons (Fsp3) is 0.400. The molecule has 0 aliphatic carbocycles. The third kappa shape index (κ3) is 3.16. The van der Waals surface area contributed by atoms with Gasteiger partial charge in [-0.05, 0) is 19.9 Å². The molecule has 0 bridgehead atoms. The summed E-state index contributed by atoms with van der Waals surface area (Å²) in [5.41, 5.74) is 0. The van der Waals surface area contributed by atoms with Crippen molar-refractivity contribution in [2.45, 2.75) is 13.8 Å². The van der Waals surface area contributed by atoms with Crippen molar-refractivity contribution >= 4 is 6.21 Å². The van der Waals surface area contributed by atoms with Gasteiger partial charge < -0.3 is 0 Å². The third-order valence-electron chi connectivity index (χ3n) is 0.491. The van der Waals surface area contributed by atoms with Crippen molar-refractivity contribution in [2.24, 2.45) is 4.99 Å². The maximum Gasteiger partial charge on any atom is 0.208 e. The summed E-state index contributed by atoms with van der Waals surface area (Å²) >= 11 is 0. The van der Waals surface area contributed by atoms with Crippen LogP contribution in [0.1, 0.15) is 13.8 Å². The quantitative estimate of drug-likeness (QED) is 0.353. The molecule has 0 aromatic rings. The van der Waals surface area contributed by atoms with E-state index in [9.17, 15) is 4.39 Å². The second kappa shape index (κ2) is 3.53. The van der Waals surface area contributed by atoms with Crippen LogP contribution in [0.15, 0.2) is 17.0 Å². The Balaban J connectivity index is 3.58. The average Bonchev–Trinajstić information content (AvgIpc) is 1.68. The minimum absolute atomic E-state index is 0.428. The van der Waals surface area contributed by atoms with Crippen LogP contribution in [0, 0.1) is 0 Å². The zero-order chi connectivity index (χ0) is 5.70. The zero-order valence-corrected chi connectivity index (χ0v) is 4.48. The molecule has 2 heteroatoms. The van der Waals surface area contributed by atoms with Gasteiger partial charge in [0, 0.05) is 6.21 Å². The zero-order valence-electron chi connectivity index (χ0n) is 4.48. The first-order valence-corrected chi connectivity index (χ1v) is 2.11. The summed E-state index contributed by atoms with van der Waals surface area (Å²) in [5.74, 6) is -0.428. The van der Waals surface area contributed by atoms with Gasteiger partial charge in [0.15, 0.2) is 0 Å². The molecule has 1 nitrogen and oxygen atoms in total. The Bertz CT molecular complexity index is 94.3. The molecule has 0 unspecified atom stereocenters. The fourth-order valence-electron chi connectivity index (χ4n) is 0.198. The van der Waals surface area contributed by atoms with Crippen molar-refractivity contribution in [1.82, 2.24) is 0 Å². The molecular weight excluding hydrogens is 93.1 g/mol. The monoisotopic (exact) mass is 101 g/mol. The highest BCUT2D eigenvalue weighted by molar-refractivity contribution is 5.54. The SMILES string of the molecule is CC=NC(F)=CC. The van der Waals surface area contributed by atoms with E-state index in [1.807, 2.05) is 0 Å². The Hall–Kier alpha value is -0.660. The highest BCUT2D eigenvalue weighted by atomic mass is 19.1. The van der Waals surface area contributed by atoms with E-state index in [1.54, 1.807) is 13.8 Å². The average molecular weight is 101 g/mol. The lowest BCUT2D eigenvalue weighted by Gasteiger charge is -1.76. The molecule has 0 rings (SSSR count). The topological polar surface area (TPSA) is 12.4 Å². The number of aliphatic imine (C=N–C) groups is 1. The van der Waals surface area contributed by atoms with Crippen molar-refractivity contribution in [2.75, 3.05) is 0 Å². The molecule has 0 N–H and O–H groups in total. The Morgan fingerprint density at radius 2 is 2.14 bits per heavy atom. The van der Waals surface area contributed by atoms with Crippen LogP contribution in [0.5, 0.6) is 0 Å². The number of hydrogen-bond acceptors (Lipinski definition) is 1. The second-order valence-electron chi connectivity index (χ2n) is 0.999. The Labute approximate surface area is 42.6 Å². The molecule has 0 saturated heterocycles. The first kappa shape index (κ1) is 6.34. The molecule has 0 amide bonds. The van der Waals surface area contributed by atoms with Gasteiger partial charge in [0.25, 0.3) is 0 Å². The van der Waals surface area contributed by atoms with Crippen molar-refractivity contribution in [3.63, 3.8) is 0 Å². The van der Waals surface area contributed by atoms with Gasteiger partial charge in [-0.15, -0.1) is 0 Å². The van der Waals surface area contributed by atoms with Crippen molar-refractivity contribution in [1.29, 1.82) is 0 Å². The van der Waals surface area contributed by atoms with E-state index < -0.39 is 5.95 Å². The normalized spacial score (nSPS) is 13.3. The molecule has 0 radical (unpaired) electrons. The number of halogens is 1. The van der Waals surface area contributed by atoms with Crippen LogP contribution in [-0.2, 0) is 0 Å². The Kier molecular flexibility index (Phi) is 3.19. The van der Waals surface area contributed by atoms with Crippen molar-refractivity contribution < 1.29 is 4.39 Å². The van der Waals surface area contributed by atoms with Gasteiger partial charge in [-0.1, -0.05) is 0 Å².